The molecule has 1 aromatic carbocycles. The normalized spacial score (nSPS) is 12.1. The van der Waals surface area contributed by atoms with Crippen molar-refractivity contribution in [3.8, 4) is 5.75 Å². The second-order valence-corrected chi connectivity index (χ2v) is 6.62. The van der Waals surface area contributed by atoms with Gasteiger partial charge in [-0.2, -0.15) is 0 Å². The molecular formula is C18H19N3O2S. The lowest BCUT2D eigenvalue weighted by atomic mass is 10.2. The van der Waals surface area contributed by atoms with Crippen LogP contribution in [0.25, 0.3) is 10.2 Å². The van der Waals surface area contributed by atoms with Gasteiger partial charge in [-0.15, -0.1) is 11.3 Å². The average Bonchev–Trinajstić information content (AvgIpc) is 3.04. The molecule has 1 unspecified atom stereocenters. The maximum absolute atomic E-state index is 12.2. The third-order valence-corrected chi connectivity index (χ3v) is 5.00. The van der Waals surface area contributed by atoms with Crippen LogP contribution in [0.4, 0.5) is 0 Å². The molecule has 2 aromatic heterocycles. The number of thiazole rings is 1. The van der Waals surface area contributed by atoms with Gasteiger partial charge in [0, 0.05) is 18.7 Å². The average molecular weight is 341 g/mol. The molecule has 0 fully saturated rings. The minimum absolute atomic E-state index is 0.0695. The van der Waals surface area contributed by atoms with Gasteiger partial charge in [0.2, 0.25) is 5.91 Å². The summed E-state index contributed by atoms with van der Waals surface area (Å²) in [5.74, 6) is 0.726. The summed E-state index contributed by atoms with van der Waals surface area (Å²) in [6, 6.07) is 11.7. The van der Waals surface area contributed by atoms with Gasteiger partial charge in [-0.3, -0.25) is 9.78 Å². The number of nitrogens with one attached hydrogen (secondary N) is 1. The molecule has 1 N–H and O–H groups in total. The Balaban J connectivity index is 1.59. The summed E-state index contributed by atoms with van der Waals surface area (Å²) < 4.78 is 6.39. The van der Waals surface area contributed by atoms with Crippen molar-refractivity contribution in [2.24, 2.45) is 0 Å². The van der Waals surface area contributed by atoms with Crippen LogP contribution in [-0.2, 0) is 11.2 Å². The third-order valence-electron chi connectivity index (χ3n) is 3.73. The minimum Gasteiger partial charge on any atom is -0.495 e. The molecule has 0 spiro atoms. The van der Waals surface area contributed by atoms with Crippen molar-refractivity contribution in [2.45, 2.75) is 19.3 Å². The van der Waals surface area contributed by atoms with Crippen LogP contribution in [-0.4, -0.2) is 29.5 Å². The summed E-state index contributed by atoms with van der Waals surface area (Å²) in [6.07, 6.45) is 1.87. The fourth-order valence-electron chi connectivity index (χ4n) is 2.41. The molecule has 0 aliphatic carbocycles. The van der Waals surface area contributed by atoms with E-state index >= 15 is 0 Å². The summed E-state index contributed by atoms with van der Waals surface area (Å²) in [5, 5.41) is 3.99. The van der Waals surface area contributed by atoms with E-state index in [1.165, 1.54) is 4.70 Å². The largest absolute Gasteiger partial charge is 0.495 e. The Morgan fingerprint density at radius 2 is 2.12 bits per heavy atom. The van der Waals surface area contributed by atoms with Gasteiger partial charge >= 0.3 is 0 Å². The van der Waals surface area contributed by atoms with E-state index in [2.05, 4.69) is 28.3 Å². The lowest BCUT2D eigenvalue weighted by Crippen LogP contribution is -2.29. The summed E-state index contributed by atoms with van der Waals surface area (Å²) in [4.78, 5) is 21.0. The highest BCUT2D eigenvalue weighted by Gasteiger charge is 2.14. The van der Waals surface area contributed by atoms with Crippen LogP contribution >= 0.6 is 11.3 Å². The number of nitrogens with zero attached hydrogens (tertiary/aromatic N) is 2. The number of rotatable bonds is 6. The molecule has 24 heavy (non-hydrogen) atoms. The van der Waals surface area contributed by atoms with E-state index < -0.39 is 0 Å². The maximum Gasteiger partial charge on any atom is 0.226 e. The number of carbonyl (C=O) groups excluding carboxylic acids is 1. The van der Waals surface area contributed by atoms with Gasteiger partial charge in [-0.05, 0) is 24.3 Å². The molecule has 0 bridgehead atoms. The molecule has 0 aliphatic rings. The Labute approximate surface area is 144 Å². The molecule has 1 atom stereocenters. The molecule has 3 aromatic rings. The summed E-state index contributed by atoms with van der Waals surface area (Å²) in [5.41, 5.74) is 1.65. The zero-order valence-corrected chi connectivity index (χ0v) is 14.5. The Hall–Kier alpha value is -2.47. The molecule has 0 saturated heterocycles. The van der Waals surface area contributed by atoms with E-state index in [4.69, 9.17) is 4.74 Å². The Morgan fingerprint density at radius 1 is 1.29 bits per heavy atom. The number of benzene rings is 1. The Bertz CT molecular complexity index is 814. The minimum atomic E-state index is -0.0695. The van der Waals surface area contributed by atoms with E-state index in [9.17, 15) is 4.79 Å². The molecule has 124 valence electrons. The standard InChI is InChI=1S/C18H19N3O2S/c1-12(18-21-13-6-3-4-8-16(13)24-18)11-20-17(22)10-14-15(23-2)7-5-9-19-14/h3-9,12H,10-11H2,1-2H3,(H,20,22). The number of para-hydroxylation sites is 1. The highest BCUT2D eigenvalue weighted by atomic mass is 32.1. The second kappa shape index (κ2) is 7.40. The van der Waals surface area contributed by atoms with Crippen molar-refractivity contribution >= 4 is 27.5 Å². The fourth-order valence-corrected chi connectivity index (χ4v) is 3.43. The molecule has 3 rings (SSSR count). The molecule has 5 nitrogen and oxygen atoms in total. The predicted octanol–water partition coefficient (Wildman–Crippen LogP) is 3.16. The monoisotopic (exact) mass is 341 g/mol. The van der Waals surface area contributed by atoms with Crippen LogP contribution in [0.5, 0.6) is 5.75 Å². The maximum atomic E-state index is 12.2. The highest BCUT2D eigenvalue weighted by Crippen LogP contribution is 2.26. The summed E-state index contributed by atoms with van der Waals surface area (Å²) >= 11 is 1.67. The fraction of sp³-hybridized carbons (Fsp3) is 0.278. The number of ether oxygens (including phenoxy) is 1. The van der Waals surface area contributed by atoms with E-state index in [0.29, 0.717) is 18.0 Å². The number of pyridine rings is 1. The number of amides is 1. The first-order valence-corrected chi connectivity index (χ1v) is 8.59. The van der Waals surface area contributed by atoms with Crippen LogP contribution in [0.15, 0.2) is 42.6 Å². The van der Waals surface area contributed by atoms with Crippen molar-refractivity contribution in [3.63, 3.8) is 0 Å². The zero-order valence-electron chi connectivity index (χ0n) is 13.7. The number of methoxy groups -OCH3 is 1. The van der Waals surface area contributed by atoms with Gasteiger partial charge in [0.15, 0.2) is 0 Å². The van der Waals surface area contributed by atoms with Gasteiger partial charge in [0.1, 0.15) is 5.75 Å². The topological polar surface area (TPSA) is 64.1 Å². The van der Waals surface area contributed by atoms with Gasteiger partial charge in [0.05, 0.1) is 34.4 Å². The number of aromatic nitrogens is 2. The van der Waals surface area contributed by atoms with Gasteiger partial charge in [-0.25, -0.2) is 4.98 Å². The molecule has 1 amide bonds. The van der Waals surface area contributed by atoms with Crippen LogP contribution in [0, 0.1) is 0 Å². The van der Waals surface area contributed by atoms with Crippen LogP contribution in [0.3, 0.4) is 0 Å². The van der Waals surface area contributed by atoms with Crippen molar-refractivity contribution in [2.75, 3.05) is 13.7 Å². The predicted molar refractivity (Wildman–Crippen MR) is 95.5 cm³/mol. The van der Waals surface area contributed by atoms with Crippen molar-refractivity contribution in [1.29, 1.82) is 0 Å². The van der Waals surface area contributed by atoms with Crippen LogP contribution in [0.2, 0.25) is 0 Å². The number of carbonyl (C=O) groups is 1. The number of hydrogen-bond donors (Lipinski definition) is 1. The smallest absolute Gasteiger partial charge is 0.226 e. The van der Waals surface area contributed by atoms with Crippen molar-refractivity contribution < 1.29 is 9.53 Å². The first kappa shape index (κ1) is 16.4. The van der Waals surface area contributed by atoms with E-state index in [1.54, 1.807) is 36.8 Å². The van der Waals surface area contributed by atoms with Crippen LogP contribution in [0.1, 0.15) is 23.5 Å². The summed E-state index contributed by atoms with van der Waals surface area (Å²) in [6.45, 7) is 2.62. The number of fused-ring (bicyclic) bond motifs is 1. The zero-order chi connectivity index (χ0) is 16.9. The first-order chi connectivity index (χ1) is 11.7. The highest BCUT2D eigenvalue weighted by molar-refractivity contribution is 7.18. The molecule has 0 saturated carbocycles. The van der Waals surface area contributed by atoms with Crippen LogP contribution < -0.4 is 10.1 Å². The third kappa shape index (κ3) is 3.71. The van der Waals surface area contributed by atoms with Gasteiger partial charge < -0.3 is 10.1 Å². The second-order valence-electron chi connectivity index (χ2n) is 5.55. The molecule has 0 aliphatic heterocycles. The summed E-state index contributed by atoms with van der Waals surface area (Å²) in [7, 11) is 1.58. The van der Waals surface area contributed by atoms with Gasteiger partial charge in [0.25, 0.3) is 0 Å². The van der Waals surface area contributed by atoms with Crippen molar-refractivity contribution in [1.82, 2.24) is 15.3 Å². The molecule has 0 radical (unpaired) electrons. The van der Waals surface area contributed by atoms with Gasteiger partial charge in [-0.1, -0.05) is 19.1 Å². The van der Waals surface area contributed by atoms with Crippen molar-refractivity contribution in [3.05, 3.63) is 53.3 Å². The molecule has 2 heterocycles. The lowest BCUT2D eigenvalue weighted by molar-refractivity contribution is -0.120. The Morgan fingerprint density at radius 3 is 2.92 bits per heavy atom. The van der Waals surface area contributed by atoms with E-state index in [0.717, 1.165) is 10.5 Å². The molecule has 6 heteroatoms. The first-order valence-electron chi connectivity index (χ1n) is 7.77. The SMILES string of the molecule is COc1cccnc1CC(=O)NCC(C)c1nc2ccccc2s1. The van der Waals surface area contributed by atoms with E-state index in [-0.39, 0.29) is 18.2 Å². The van der Waals surface area contributed by atoms with E-state index in [1.807, 2.05) is 18.2 Å². The quantitative estimate of drug-likeness (QED) is 0.748. The number of hydrogen-bond acceptors (Lipinski definition) is 5. The molecular weight excluding hydrogens is 322 g/mol. The lowest BCUT2D eigenvalue weighted by Gasteiger charge is -2.11. The Kier molecular flexibility index (Phi) is 5.05.